The third kappa shape index (κ3) is 2.46. The molecule has 1 aromatic carbocycles. The molecule has 0 bridgehead atoms. The summed E-state index contributed by atoms with van der Waals surface area (Å²) in [6.45, 7) is 2.13. The lowest BCUT2D eigenvalue weighted by atomic mass is 10.2. The van der Waals surface area contributed by atoms with Crippen LogP contribution in [0.2, 0.25) is 0 Å². The fourth-order valence-electron chi connectivity index (χ4n) is 1.80. The number of carboxylic acids is 1. The van der Waals surface area contributed by atoms with Gasteiger partial charge in [-0.1, -0.05) is 25.8 Å². The molecule has 0 radical (unpaired) electrons. The number of aromatic nitrogens is 1. The quantitative estimate of drug-likeness (QED) is 0.805. The molecule has 0 aliphatic carbocycles. The number of para-hydroxylation sites is 1. The van der Waals surface area contributed by atoms with Crippen LogP contribution in [0, 0.1) is 0 Å². The molecule has 0 saturated heterocycles. The third-order valence-electron chi connectivity index (χ3n) is 2.68. The molecule has 2 rings (SSSR count). The molecule has 2 aromatic rings. The minimum atomic E-state index is -0.980. The van der Waals surface area contributed by atoms with Crippen molar-refractivity contribution in [3.8, 4) is 0 Å². The van der Waals surface area contributed by atoms with E-state index in [4.69, 9.17) is 9.52 Å². The minimum Gasteiger partial charge on any atom is -0.478 e. The summed E-state index contributed by atoms with van der Waals surface area (Å²) >= 11 is 0. The van der Waals surface area contributed by atoms with E-state index < -0.39 is 5.97 Å². The van der Waals surface area contributed by atoms with E-state index in [2.05, 4.69) is 11.9 Å². The van der Waals surface area contributed by atoms with Gasteiger partial charge >= 0.3 is 5.97 Å². The van der Waals surface area contributed by atoms with E-state index >= 15 is 0 Å². The zero-order chi connectivity index (χ0) is 12.3. The molecule has 1 heterocycles. The van der Waals surface area contributed by atoms with Gasteiger partial charge in [0.1, 0.15) is 11.1 Å². The van der Waals surface area contributed by atoms with Gasteiger partial charge in [0.05, 0.1) is 0 Å². The number of hydrogen-bond donors (Lipinski definition) is 1. The van der Waals surface area contributed by atoms with Crippen LogP contribution in [0.4, 0.5) is 0 Å². The Kier molecular flexibility index (Phi) is 3.42. The van der Waals surface area contributed by atoms with Crippen LogP contribution in [-0.4, -0.2) is 16.1 Å². The van der Waals surface area contributed by atoms with Crippen molar-refractivity contribution in [1.82, 2.24) is 4.98 Å². The predicted octanol–water partition coefficient (Wildman–Crippen LogP) is 3.26. The smallest absolute Gasteiger partial charge is 0.339 e. The van der Waals surface area contributed by atoms with Gasteiger partial charge in [-0.05, 0) is 18.6 Å². The van der Waals surface area contributed by atoms with Gasteiger partial charge in [0.15, 0.2) is 11.5 Å². The molecule has 4 heteroatoms. The van der Waals surface area contributed by atoms with Gasteiger partial charge in [0, 0.05) is 6.42 Å². The van der Waals surface area contributed by atoms with Crippen molar-refractivity contribution in [3.63, 3.8) is 0 Å². The highest BCUT2D eigenvalue weighted by atomic mass is 16.4. The van der Waals surface area contributed by atoms with Crippen molar-refractivity contribution in [2.75, 3.05) is 0 Å². The van der Waals surface area contributed by atoms with Gasteiger partial charge in [-0.25, -0.2) is 9.78 Å². The highest BCUT2D eigenvalue weighted by Crippen LogP contribution is 2.21. The van der Waals surface area contributed by atoms with E-state index in [1.54, 1.807) is 12.1 Å². The highest BCUT2D eigenvalue weighted by molar-refractivity contribution is 5.99. The fourth-order valence-corrected chi connectivity index (χ4v) is 1.80. The molecule has 17 heavy (non-hydrogen) atoms. The maximum absolute atomic E-state index is 11.0. The average molecular weight is 233 g/mol. The first-order chi connectivity index (χ1) is 8.22. The number of benzene rings is 1. The molecule has 1 aromatic heterocycles. The molecule has 1 N–H and O–H groups in total. The minimum absolute atomic E-state index is 0.178. The summed E-state index contributed by atoms with van der Waals surface area (Å²) in [4.78, 5) is 15.3. The van der Waals surface area contributed by atoms with Crippen LogP contribution in [0.3, 0.4) is 0 Å². The summed E-state index contributed by atoms with van der Waals surface area (Å²) in [6, 6.07) is 4.99. The lowest BCUT2D eigenvalue weighted by Crippen LogP contribution is -1.95. The summed E-state index contributed by atoms with van der Waals surface area (Å²) in [5.74, 6) is -0.353. The number of oxazole rings is 1. The second-order valence-electron chi connectivity index (χ2n) is 4.02. The molecule has 0 amide bonds. The molecule has 0 saturated carbocycles. The summed E-state index contributed by atoms with van der Waals surface area (Å²) in [7, 11) is 0. The van der Waals surface area contributed by atoms with Crippen molar-refractivity contribution >= 4 is 17.1 Å². The van der Waals surface area contributed by atoms with Crippen molar-refractivity contribution in [2.45, 2.75) is 32.6 Å². The number of aryl methyl sites for hydroxylation is 1. The molecule has 4 nitrogen and oxygen atoms in total. The Labute approximate surface area is 99.3 Å². The largest absolute Gasteiger partial charge is 0.478 e. The van der Waals surface area contributed by atoms with E-state index in [0.717, 1.165) is 25.7 Å². The summed E-state index contributed by atoms with van der Waals surface area (Å²) in [6.07, 6.45) is 4.05. The Morgan fingerprint density at radius 2 is 2.24 bits per heavy atom. The van der Waals surface area contributed by atoms with Crippen LogP contribution in [0.1, 0.15) is 42.4 Å². The molecule has 0 aliphatic rings. The van der Waals surface area contributed by atoms with Crippen LogP contribution in [0.25, 0.3) is 11.1 Å². The normalized spacial score (nSPS) is 10.9. The Balaban J connectivity index is 2.30. The number of carboxylic acid groups (broad SMARTS) is 1. The van der Waals surface area contributed by atoms with Crippen LogP contribution < -0.4 is 0 Å². The van der Waals surface area contributed by atoms with Gasteiger partial charge in [-0.15, -0.1) is 0 Å². The molecule has 0 atom stereocenters. The average Bonchev–Trinajstić information content (AvgIpc) is 2.71. The SMILES string of the molecule is CCCCCc1nc2cccc(C(=O)O)c2o1. The molecule has 90 valence electrons. The number of fused-ring (bicyclic) bond motifs is 1. The van der Waals surface area contributed by atoms with Gasteiger partial charge in [-0.3, -0.25) is 0 Å². The van der Waals surface area contributed by atoms with E-state index in [1.807, 2.05) is 0 Å². The number of nitrogens with zero attached hydrogens (tertiary/aromatic N) is 1. The number of hydrogen-bond acceptors (Lipinski definition) is 3. The van der Waals surface area contributed by atoms with Gasteiger partial charge in [-0.2, -0.15) is 0 Å². The predicted molar refractivity (Wildman–Crippen MR) is 64.2 cm³/mol. The number of unbranched alkanes of at least 4 members (excludes halogenated alkanes) is 2. The lowest BCUT2D eigenvalue weighted by molar-refractivity contribution is 0.0698. The summed E-state index contributed by atoms with van der Waals surface area (Å²) in [5.41, 5.74) is 1.18. The van der Waals surface area contributed by atoms with Gasteiger partial charge in [0.25, 0.3) is 0 Å². The van der Waals surface area contributed by atoms with Crippen LogP contribution >= 0.6 is 0 Å². The lowest BCUT2D eigenvalue weighted by Gasteiger charge is -1.94. The Morgan fingerprint density at radius 3 is 2.94 bits per heavy atom. The second kappa shape index (κ2) is 4.99. The van der Waals surface area contributed by atoms with Crippen molar-refractivity contribution in [3.05, 3.63) is 29.7 Å². The monoisotopic (exact) mass is 233 g/mol. The molecule has 0 fully saturated rings. The van der Waals surface area contributed by atoms with E-state index in [9.17, 15) is 4.79 Å². The van der Waals surface area contributed by atoms with Crippen molar-refractivity contribution < 1.29 is 14.3 Å². The van der Waals surface area contributed by atoms with Gasteiger partial charge in [0.2, 0.25) is 0 Å². The maximum Gasteiger partial charge on any atom is 0.339 e. The fraction of sp³-hybridized carbons (Fsp3) is 0.385. The van der Waals surface area contributed by atoms with Crippen LogP contribution in [0.15, 0.2) is 22.6 Å². The standard InChI is InChI=1S/C13H15NO3/c1-2-3-4-8-11-14-10-7-5-6-9(13(15)16)12(10)17-11/h5-7H,2-4,8H2,1H3,(H,15,16). The van der Waals surface area contributed by atoms with Crippen LogP contribution in [-0.2, 0) is 6.42 Å². The van der Waals surface area contributed by atoms with Gasteiger partial charge < -0.3 is 9.52 Å². The van der Waals surface area contributed by atoms with E-state index in [-0.39, 0.29) is 5.56 Å². The van der Waals surface area contributed by atoms with Crippen LogP contribution in [0.5, 0.6) is 0 Å². The third-order valence-corrected chi connectivity index (χ3v) is 2.68. The first-order valence-electron chi connectivity index (χ1n) is 5.84. The Morgan fingerprint density at radius 1 is 1.41 bits per heavy atom. The van der Waals surface area contributed by atoms with E-state index in [0.29, 0.717) is 17.0 Å². The molecule has 0 unspecified atom stereocenters. The number of carbonyl (C=O) groups is 1. The number of rotatable bonds is 5. The summed E-state index contributed by atoms with van der Waals surface area (Å²) < 4.78 is 5.52. The topological polar surface area (TPSA) is 63.3 Å². The molecule has 0 aliphatic heterocycles. The Hall–Kier alpha value is -1.84. The maximum atomic E-state index is 11.0. The highest BCUT2D eigenvalue weighted by Gasteiger charge is 2.13. The second-order valence-corrected chi connectivity index (χ2v) is 4.02. The first kappa shape index (κ1) is 11.6. The zero-order valence-corrected chi connectivity index (χ0v) is 9.77. The van der Waals surface area contributed by atoms with E-state index in [1.165, 1.54) is 6.07 Å². The zero-order valence-electron chi connectivity index (χ0n) is 9.77. The first-order valence-corrected chi connectivity index (χ1v) is 5.84. The molecular weight excluding hydrogens is 218 g/mol. The van der Waals surface area contributed by atoms with Crippen molar-refractivity contribution in [1.29, 1.82) is 0 Å². The molecular formula is C13H15NO3. The summed E-state index contributed by atoms with van der Waals surface area (Å²) in [5, 5.41) is 9.02. The van der Waals surface area contributed by atoms with Crippen molar-refractivity contribution in [2.24, 2.45) is 0 Å². The number of aromatic carboxylic acids is 1. The molecule has 0 spiro atoms. The Bertz CT molecular complexity index is 530.